The van der Waals surface area contributed by atoms with Gasteiger partial charge in [-0.1, -0.05) is 24.3 Å². The van der Waals surface area contributed by atoms with Gasteiger partial charge in [0.2, 0.25) is 0 Å². The van der Waals surface area contributed by atoms with Gasteiger partial charge in [0.25, 0.3) is 0 Å². The summed E-state index contributed by atoms with van der Waals surface area (Å²) in [6.07, 6.45) is 0. The maximum Gasteiger partial charge on any atom is 0.387 e. The van der Waals surface area contributed by atoms with Crippen LogP contribution >= 0.6 is 0 Å². The molecule has 0 fully saturated rings. The number of benzene rings is 2. The van der Waals surface area contributed by atoms with Crippen molar-refractivity contribution >= 4 is 10.8 Å². The van der Waals surface area contributed by atoms with E-state index in [-0.39, 0.29) is 5.75 Å². The van der Waals surface area contributed by atoms with Gasteiger partial charge in [-0.2, -0.15) is 8.78 Å². The van der Waals surface area contributed by atoms with Gasteiger partial charge in [-0.25, -0.2) is 0 Å². The average molecular weight is 224 g/mol. The van der Waals surface area contributed by atoms with E-state index in [1.807, 2.05) is 0 Å². The lowest BCUT2D eigenvalue weighted by Crippen LogP contribution is -2.02. The Hall–Kier alpha value is -1.84. The van der Waals surface area contributed by atoms with E-state index < -0.39 is 6.61 Å². The monoisotopic (exact) mass is 224 g/mol. The van der Waals surface area contributed by atoms with Crippen LogP contribution in [0.1, 0.15) is 0 Å². The van der Waals surface area contributed by atoms with Gasteiger partial charge in [0, 0.05) is 10.8 Å². The number of alkyl halides is 2. The number of fused-ring (bicyclic) bond motifs is 1. The van der Waals surface area contributed by atoms with Crippen LogP contribution < -0.4 is 9.47 Å². The van der Waals surface area contributed by atoms with Crippen molar-refractivity contribution in [2.45, 2.75) is 6.61 Å². The van der Waals surface area contributed by atoms with Crippen molar-refractivity contribution in [3.05, 3.63) is 36.4 Å². The molecule has 0 aliphatic heterocycles. The molecule has 2 aromatic carbocycles. The van der Waals surface area contributed by atoms with Gasteiger partial charge in [-0.3, -0.25) is 0 Å². The summed E-state index contributed by atoms with van der Waals surface area (Å²) in [4.78, 5) is 0. The number of methoxy groups -OCH3 is 1. The van der Waals surface area contributed by atoms with Crippen LogP contribution in [0, 0.1) is 0 Å². The molecule has 0 saturated carbocycles. The first-order valence-corrected chi connectivity index (χ1v) is 4.73. The van der Waals surface area contributed by atoms with Crippen molar-refractivity contribution in [1.82, 2.24) is 0 Å². The Morgan fingerprint density at radius 2 is 1.50 bits per heavy atom. The zero-order chi connectivity index (χ0) is 11.5. The fraction of sp³-hybridized carbons (Fsp3) is 0.167. The molecule has 2 aromatic rings. The predicted octanol–water partition coefficient (Wildman–Crippen LogP) is 3.45. The van der Waals surface area contributed by atoms with Crippen LogP contribution in [-0.2, 0) is 0 Å². The SMILES string of the molecule is COc1cccc2c(OC(F)F)cccc12. The van der Waals surface area contributed by atoms with Crippen molar-refractivity contribution in [1.29, 1.82) is 0 Å². The third kappa shape index (κ3) is 1.91. The summed E-state index contributed by atoms with van der Waals surface area (Å²) in [5.41, 5.74) is 0. The van der Waals surface area contributed by atoms with E-state index in [1.165, 1.54) is 13.2 Å². The third-order valence-electron chi connectivity index (χ3n) is 2.28. The molecule has 0 N–H and O–H groups in total. The maximum atomic E-state index is 12.2. The summed E-state index contributed by atoms with van der Waals surface area (Å²) in [5, 5.41) is 1.37. The number of hydrogen-bond acceptors (Lipinski definition) is 2. The second kappa shape index (κ2) is 4.35. The Kier molecular flexibility index (Phi) is 2.90. The van der Waals surface area contributed by atoms with Crippen LogP contribution in [0.5, 0.6) is 11.5 Å². The first kappa shape index (κ1) is 10.7. The van der Waals surface area contributed by atoms with Gasteiger partial charge in [-0.05, 0) is 12.1 Å². The number of halogens is 2. The molecule has 0 radical (unpaired) electrons. The van der Waals surface area contributed by atoms with E-state index >= 15 is 0 Å². The summed E-state index contributed by atoms with van der Waals surface area (Å²) in [5.74, 6) is 0.795. The van der Waals surface area contributed by atoms with Gasteiger partial charge >= 0.3 is 6.61 Å². The van der Waals surface area contributed by atoms with E-state index in [9.17, 15) is 8.78 Å². The Balaban J connectivity index is 2.59. The van der Waals surface area contributed by atoms with E-state index in [0.29, 0.717) is 11.1 Å². The lowest BCUT2D eigenvalue weighted by Gasteiger charge is -2.10. The molecular formula is C12H10F2O2. The first-order valence-electron chi connectivity index (χ1n) is 4.73. The molecule has 0 bridgehead atoms. The zero-order valence-corrected chi connectivity index (χ0v) is 8.61. The molecule has 2 rings (SSSR count). The minimum absolute atomic E-state index is 0.159. The molecule has 0 unspecified atom stereocenters. The Morgan fingerprint density at radius 1 is 0.938 bits per heavy atom. The first-order chi connectivity index (χ1) is 7.72. The van der Waals surface area contributed by atoms with Gasteiger partial charge in [-0.15, -0.1) is 0 Å². The summed E-state index contributed by atoms with van der Waals surface area (Å²) in [6, 6.07) is 10.2. The zero-order valence-electron chi connectivity index (χ0n) is 8.61. The minimum atomic E-state index is -2.82. The number of ether oxygens (including phenoxy) is 2. The van der Waals surface area contributed by atoms with E-state index in [4.69, 9.17) is 4.74 Å². The predicted molar refractivity (Wildman–Crippen MR) is 57.1 cm³/mol. The van der Waals surface area contributed by atoms with Crippen molar-refractivity contribution < 1.29 is 18.3 Å². The fourth-order valence-electron chi connectivity index (χ4n) is 1.63. The molecule has 0 heterocycles. The highest BCUT2D eigenvalue weighted by atomic mass is 19.3. The molecule has 0 aliphatic carbocycles. The van der Waals surface area contributed by atoms with E-state index in [0.717, 1.165) is 5.39 Å². The smallest absolute Gasteiger partial charge is 0.387 e. The molecule has 0 saturated heterocycles. The van der Waals surface area contributed by atoms with Crippen molar-refractivity contribution in [3.8, 4) is 11.5 Å². The Bertz CT molecular complexity index is 497. The molecule has 0 aliphatic rings. The summed E-state index contributed by atoms with van der Waals surface area (Å²) >= 11 is 0. The van der Waals surface area contributed by atoms with Gasteiger partial charge in [0.1, 0.15) is 11.5 Å². The third-order valence-corrected chi connectivity index (χ3v) is 2.28. The quantitative estimate of drug-likeness (QED) is 0.794. The number of hydrogen-bond donors (Lipinski definition) is 0. The fourth-order valence-corrected chi connectivity index (χ4v) is 1.63. The molecule has 84 valence electrons. The normalized spacial score (nSPS) is 10.8. The highest BCUT2D eigenvalue weighted by Gasteiger charge is 2.09. The van der Waals surface area contributed by atoms with Crippen LogP contribution in [0.25, 0.3) is 10.8 Å². The molecule has 0 amide bonds. The molecule has 2 nitrogen and oxygen atoms in total. The topological polar surface area (TPSA) is 18.5 Å². The standard InChI is InChI=1S/C12H10F2O2/c1-15-10-6-2-5-9-8(10)4-3-7-11(9)16-12(13)14/h2-7,12H,1H3. The van der Waals surface area contributed by atoms with Crippen molar-refractivity contribution in [3.63, 3.8) is 0 Å². The maximum absolute atomic E-state index is 12.2. The lowest BCUT2D eigenvalue weighted by atomic mass is 10.1. The second-order valence-electron chi connectivity index (χ2n) is 3.19. The van der Waals surface area contributed by atoms with E-state index in [1.54, 1.807) is 30.3 Å². The van der Waals surface area contributed by atoms with Gasteiger partial charge in [0.15, 0.2) is 0 Å². The summed E-state index contributed by atoms with van der Waals surface area (Å²) < 4.78 is 33.9. The van der Waals surface area contributed by atoms with Crippen molar-refractivity contribution in [2.75, 3.05) is 7.11 Å². The Morgan fingerprint density at radius 3 is 2.06 bits per heavy atom. The average Bonchev–Trinajstić information content (AvgIpc) is 2.28. The van der Waals surface area contributed by atoms with Crippen LogP contribution in [-0.4, -0.2) is 13.7 Å². The second-order valence-corrected chi connectivity index (χ2v) is 3.19. The van der Waals surface area contributed by atoms with Crippen LogP contribution in [0.2, 0.25) is 0 Å². The molecule has 0 atom stereocenters. The van der Waals surface area contributed by atoms with Crippen LogP contribution in [0.15, 0.2) is 36.4 Å². The van der Waals surface area contributed by atoms with Gasteiger partial charge in [0.05, 0.1) is 7.11 Å². The minimum Gasteiger partial charge on any atom is -0.496 e. The number of rotatable bonds is 3. The van der Waals surface area contributed by atoms with Gasteiger partial charge < -0.3 is 9.47 Å². The van der Waals surface area contributed by atoms with E-state index in [2.05, 4.69) is 4.74 Å². The highest BCUT2D eigenvalue weighted by Crippen LogP contribution is 2.32. The lowest BCUT2D eigenvalue weighted by molar-refractivity contribution is -0.0487. The highest BCUT2D eigenvalue weighted by molar-refractivity contribution is 5.93. The largest absolute Gasteiger partial charge is 0.496 e. The molecule has 0 aromatic heterocycles. The molecule has 4 heteroatoms. The Labute approximate surface area is 91.4 Å². The molecule has 16 heavy (non-hydrogen) atoms. The van der Waals surface area contributed by atoms with Crippen molar-refractivity contribution in [2.24, 2.45) is 0 Å². The summed E-state index contributed by atoms with van der Waals surface area (Å²) in [7, 11) is 1.54. The molecule has 0 spiro atoms. The van der Waals surface area contributed by atoms with Crippen LogP contribution in [0.3, 0.4) is 0 Å². The molecular weight excluding hydrogens is 214 g/mol. The summed E-state index contributed by atoms with van der Waals surface area (Å²) in [6.45, 7) is -2.82. The van der Waals surface area contributed by atoms with Crippen LogP contribution in [0.4, 0.5) is 8.78 Å².